The van der Waals surface area contributed by atoms with Gasteiger partial charge < -0.3 is 9.88 Å². The van der Waals surface area contributed by atoms with E-state index >= 15 is 0 Å². The maximum atomic E-state index is 13.2. The van der Waals surface area contributed by atoms with Crippen LogP contribution >= 0.6 is 0 Å². The summed E-state index contributed by atoms with van der Waals surface area (Å²) in [7, 11) is 1.62. The lowest BCUT2D eigenvalue weighted by Crippen LogP contribution is -2.29. The Morgan fingerprint density at radius 1 is 0.903 bits per heavy atom. The zero-order chi connectivity index (χ0) is 22.0. The summed E-state index contributed by atoms with van der Waals surface area (Å²) in [5, 5.41) is 0.495. The van der Waals surface area contributed by atoms with Gasteiger partial charge in [0.25, 0.3) is 11.5 Å². The van der Waals surface area contributed by atoms with Gasteiger partial charge in [-0.2, -0.15) is 0 Å². The second-order valence-corrected chi connectivity index (χ2v) is 7.43. The van der Waals surface area contributed by atoms with Gasteiger partial charge in [0.1, 0.15) is 5.82 Å². The molecule has 0 saturated carbocycles. The molecular weight excluding hydrogens is 390 g/mol. The Kier molecular flexibility index (Phi) is 5.45. The highest BCUT2D eigenvalue weighted by atomic mass is 16.2. The topological polar surface area (TPSA) is 83.1 Å². The zero-order valence-corrected chi connectivity index (χ0v) is 17.3. The van der Waals surface area contributed by atoms with Gasteiger partial charge in [-0.15, -0.1) is 0 Å². The lowest BCUT2D eigenvalue weighted by atomic mass is 9.97. The molecule has 0 bridgehead atoms. The molecule has 3 aromatic carbocycles. The molecule has 1 N–H and O–H groups in total. The van der Waals surface area contributed by atoms with Crippen molar-refractivity contribution in [3.8, 4) is 0 Å². The molecule has 0 radical (unpaired) electrons. The summed E-state index contributed by atoms with van der Waals surface area (Å²) < 4.78 is 0. The molecule has 4 aromatic rings. The molecule has 1 aromatic heterocycles. The van der Waals surface area contributed by atoms with Gasteiger partial charge in [-0.3, -0.25) is 14.4 Å². The molecule has 0 aliphatic rings. The molecule has 1 heterocycles. The smallest absolute Gasteiger partial charge is 0.258 e. The molecule has 0 spiro atoms. The van der Waals surface area contributed by atoms with E-state index in [2.05, 4.69) is 9.97 Å². The molecule has 4 rings (SSSR count). The van der Waals surface area contributed by atoms with Crippen molar-refractivity contribution in [3.63, 3.8) is 0 Å². The molecule has 1 amide bonds. The van der Waals surface area contributed by atoms with Gasteiger partial charge in [0.2, 0.25) is 0 Å². The molecule has 0 saturated heterocycles. The largest absolute Gasteiger partial charge is 0.334 e. The van der Waals surface area contributed by atoms with Crippen LogP contribution in [0, 0.1) is 6.92 Å². The van der Waals surface area contributed by atoms with Crippen molar-refractivity contribution < 1.29 is 9.59 Å². The van der Waals surface area contributed by atoms with E-state index in [0.29, 0.717) is 33.4 Å². The first-order valence-electron chi connectivity index (χ1n) is 9.88. The van der Waals surface area contributed by atoms with E-state index in [0.717, 1.165) is 5.56 Å². The number of para-hydroxylation sites is 1. The number of rotatable bonds is 5. The van der Waals surface area contributed by atoms with Crippen LogP contribution in [0.15, 0.2) is 77.6 Å². The van der Waals surface area contributed by atoms with E-state index < -0.39 is 0 Å². The minimum Gasteiger partial charge on any atom is -0.334 e. The number of H-pyrrole nitrogens is 1. The first-order chi connectivity index (χ1) is 14.9. The Hall–Kier alpha value is -4.06. The number of carbonyl (C=O) groups excluding carboxylic acids is 2. The van der Waals surface area contributed by atoms with Crippen LogP contribution in [0.5, 0.6) is 0 Å². The van der Waals surface area contributed by atoms with Crippen LogP contribution in [-0.4, -0.2) is 33.6 Å². The maximum Gasteiger partial charge on any atom is 0.258 e. The number of aromatic nitrogens is 2. The van der Waals surface area contributed by atoms with Crippen LogP contribution in [0.4, 0.5) is 0 Å². The number of carbonyl (C=O) groups is 2. The third-order valence-corrected chi connectivity index (χ3v) is 5.11. The van der Waals surface area contributed by atoms with Gasteiger partial charge in [0, 0.05) is 18.2 Å². The van der Waals surface area contributed by atoms with Crippen molar-refractivity contribution >= 4 is 22.6 Å². The highest BCUT2D eigenvalue weighted by Crippen LogP contribution is 2.18. The standard InChI is InChI=1S/C25H21N3O3/c1-16-11-13-17(14-12-16)23(29)18-7-3-4-8-19(18)25(31)28(2)15-22-26-21-10-6-5-9-20(21)24(30)27-22/h3-14H,15H2,1-2H3,(H,26,27,30). The average Bonchev–Trinajstić information content (AvgIpc) is 2.78. The van der Waals surface area contributed by atoms with Crippen LogP contribution < -0.4 is 5.56 Å². The highest BCUT2D eigenvalue weighted by molar-refractivity contribution is 6.15. The van der Waals surface area contributed by atoms with E-state index in [4.69, 9.17) is 0 Å². The molecule has 6 nitrogen and oxygen atoms in total. The van der Waals surface area contributed by atoms with E-state index in [1.54, 1.807) is 67.7 Å². The Morgan fingerprint density at radius 3 is 2.29 bits per heavy atom. The molecule has 0 aliphatic carbocycles. The Bertz CT molecular complexity index is 1340. The van der Waals surface area contributed by atoms with E-state index in [9.17, 15) is 14.4 Å². The van der Waals surface area contributed by atoms with Gasteiger partial charge in [-0.1, -0.05) is 60.2 Å². The summed E-state index contributed by atoms with van der Waals surface area (Å²) in [5.41, 5.74) is 2.53. The van der Waals surface area contributed by atoms with Gasteiger partial charge in [-0.25, -0.2) is 4.98 Å². The molecule has 0 fully saturated rings. The van der Waals surface area contributed by atoms with Crippen LogP contribution in [0.25, 0.3) is 10.9 Å². The molecule has 6 heteroatoms. The monoisotopic (exact) mass is 411 g/mol. The summed E-state index contributed by atoms with van der Waals surface area (Å²) in [6.45, 7) is 2.05. The maximum absolute atomic E-state index is 13.2. The van der Waals surface area contributed by atoms with Crippen molar-refractivity contribution in [2.24, 2.45) is 0 Å². The fraction of sp³-hybridized carbons (Fsp3) is 0.120. The van der Waals surface area contributed by atoms with E-state index in [1.165, 1.54) is 4.90 Å². The molecule has 31 heavy (non-hydrogen) atoms. The average molecular weight is 411 g/mol. The normalized spacial score (nSPS) is 10.8. The Morgan fingerprint density at radius 2 is 1.55 bits per heavy atom. The predicted molar refractivity (Wildman–Crippen MR) is 119 cm³/mol. The number of amides is 1. The number of hydrogen-bond donors (Lipinski definition) is 1. The van der Waals surface area contributed by atoms with Crippen molar-refractivity contribution in [2.75, 3.05) is 7.05 Å². The fourth-order valence-corrected chi connectivity index (χ4v) is 3.44. The Labute approximate surface area is 179 Å². The first kappa shape index (κ1) is 20.2. The van der Waals surface area contributed by atoms with Crippen molar-refractivity contribution in [1.82, 2.24) is 14.9 Å². The number of aryl methyl sites for hydroxylation is 1. The van der Waals surface area contributed by atoms with Crippen molar-refractivity contribution in [3.05, 3.63) is 111 Å². The van der Waals surface area contributed by atoms with Crippen LogP contribution in [0.3, 0.4) is 0 Å². The lowest BCUT2D eigenvalue weighted by molar-refractivity contribution is 0.0777. The lowest BCUT2D eigenvalue weighted by Gasteiger charge is -2.18. The van der Waals surface area contributed by atoms with Crippen LogP contribution in [-0.2, 0) is 6.54 Å². The third-order valence-electron chi connectivity index (χ3n) is 5.11. The minimum atomic E-state index is -0.327. The molecule has 154 valence electrons. The minimum absolute atomic E-state index is 0.103. The molecular formula is C25H21N3O3. The summed E-state index contributed by atoms with van der Waals surface area (Å²) in [6.07, 6.45) is 0. The second-order valence-electron chi connectivity index (χ2n) is 7.43. The summed E-state index contributed by atoms with van der Waals surface area (Å²) in [5.74, 6) is -0.164. The quantitative estimate of drug-likeness (QED) is 0.507. The van der Waals surface area contributed by atoms with Gasteiger partial charge in [0.15, 0.2) is 5.78 Å². The number of ketones is 1. The van der Waals surface area contributed by atoms with E-state index in [-0.39, 0.29) is 23.8 Å². The number of aromatic amines is 1. The third kappa shape index (κ3) is 4.14. The van der Waals surface area contributed by atoms with Crippen molar-refractivity contribution in [2.45, 2.75) is 13.5 Å². The summed E-state index contributed by atoms with van der Waals surface area (Å²) in [6, 6.07) is 21.0. The molecule has 0 aliphatic heterocycles. The number of nitrogens with one attached hydrogen (secondary N) is 1. The predicted octanol–water partition coefficient (Wildman–Crippen LogP) is 3.73. The fourth-order valence-electron chi connectivity index (χ4n) is 3.44. The second kappa shape index (κ2) is 8.36. The van der Waals surface area contributed by atoms with Crippen molar-refractivity contribution in [1.29, 1.82) is 0 Å². The molecule has 0 atom stereocenters. The Balaban J connectivity index is 1.62. The number of fused-ring (bicyclic) bond motifs is 1. The number of hydrogen-bond acceptors (Lipinski definition) is 4. The molecule has 0 unspecified atom stereocenters. The van der Waals surface area contributed by atoms with Gasteiger partial charge >= 0.3 is 0 Å². The summed E-state index contributed by atoms with van der Waals surface area (Å²) >= 11 is 0. The number of nitrogens with zero attached hydrogens (tertiary/aromatic N) is 2. The van der Waals surface area contributed by atoms with Crippen LogP contribution in [0.2, 0.25) is 0 Å². The van der Waals surface area contributed by atoms with Gasteiger partial charge in [0.05, 0.1) is 23.0 Å². The van der Waals surface area contributed by atoms with E-state index in [1.807, 2.05) is 19.1 Å². The SMILES string of the molecule is Cc1ccc(C(=O)c2ccccc2C(=O)N(C)Cc2nc3ccccc3c(=O)[nH]2)cc1. The summed E-state index contributed by atoms with van der Waals surface area (Å²) in [4.78, 5) is 47.1. The number of benzene rings is 3. The first-order valence-corrected chi connectivity index (χ1v) is 9.88. The highest BCUT2D eigenvalue weighted by Gasteiger charge is 2.21. The van der Waals surface area contributed by atoms with Crippen LogP contribution in [0.1, 0.15) is 37.7 Å². The zero-order valence-electron chi connectivity index (χ0n) is 17.3. The van der Waals surface area contributed by atoms with Gasteiger partial charge in [-0.05, 0) is 25.1 Å².